The van der Waals surface area contributed by atoms with E-state index < -0.39 is 0 Å². The van der Waals surface area contributed by atoms with E-state index in [0.717, 1.165) is 87.1 Å². The van der Waals surface area contributed by atoms with Crippen LogP contribution < -0.4 is 9.80 Å². The van der Waals surface area contributed by atoms with Crippen molar-refractivity contribution in [2.75, 3.05) is 49.4 Å². The standard InChI is InChI=1S/C25H34N8O3/c1-25(2)16-34-12-10-30(25)22-19-13-26-33(20-8-9-31(29-20)21-5-3-4-11-36-21)23(19)28-24(27-22)32-17-6-7-18(32)15-35-14-17/h8-9,13,17-18,21H,3-7,10-12,14-16H2,1-2H3. The largest absolute Gasteiger partial charge is 0.377 e. The molecule has 7 rings (SSSR count). The lowest BCUT2D eigenvalue weighted by Crippen LogP contribution is -2.54. The van der Waals surface area contributed by atoms with Gasteiger partial charge in [-0.15, -0.1) is 0 Å². The molecular formula is C25H34N8O3. The van der Waals surface area contributed by atoms with E-state index in [-0.39, 0.29) is 11.8 Å². The topological polar surface area (TPSA) is 95.6 Å². The number of hydrogen-bond acceptors (Lipinski definition) is 9. The van der Waals surface area contributed by atoms with Crippen LogP contribution in [0.25, 0.3) is 16.9 Å². The summed E-state index contributed by atoms with van der Waals surface area (Å²) in [6, 6.07) is 2.61. The lowest BCUT2D eigenvalue weighted by molar-refractivity contribution is -0.0395. The van der Waals surface area contributed by atoms with Gasteiger partial charge in [0, 0.05) is 25.4 Å². The zero-order valence-electron chi connectivity index (χ0n) is 21.0. The average molecular weight is 495 g/mol. The molecule has 0 N–H and O–H groups in total. The molecule has 4 aliphatic rings. The number of hydrogen-bond donors (Lipinski definition) is 0. The molecule has 3 unspecified atom stereocenters. The predicted octanol–water partition coefficient (Wildman–Crippen LogP) is 2.69. The van der Waals surface area contributed by atoms with Gasteiger partial charge in [-0.1, -0.05) is 0 Å². The van der Waals surface area contributed by atoms with Crippen molar-refractivity contribution in [2.45, 2.75) is 69.8 Å². The average Bonchev–Trinajstić information content (AvgIpc) is 3.60. The van der Waals surface area contributed by atoms with Crippen molar-refractivity contribution in [3.63, 3.8) is 0 Å². The highest BCUT2D eigenvalue weighted by Gasteiger charge is 2.41. The first-order valence-electron chi connectivity index (χ1n) is 13.2. The molecule has 0 aliphatic carbocycles. The van der Waals surface area contributed by atoms with E-state index in [1.807, 2.05) is 27.8 Å². The maximum atomic E-state index is 5.94. The second-order valence-corrected chi connectivity index (χ2v) is 11.0. The van der Waals surface area contributed by atoms with Crippen molar-refractivity contribution in [1.29, 1.82) is 0 Å². The zero-order valence-corrected chi connectivity index (χ0v) is 21.0. The van der Waals surface area contributed by atoms with E-state index in [1.165, 1.54) is 0 Å². The van der Waals surface area contributed by atoms with Crippen LogP contribution in [-0.2, 0) is 14.2 Å². The third-order valence-corrected chi connectivity index (χ3v) is 8.03. The Morgan fingerprint density at radius 1 is 1.00 bits per heavy atom. The van der Waals surface area contributed by atoms with Crippen LogP contribution in [0.15, 0.2) is 18.5 Å². The molecule has 3 aromatic rings. The quantitative estimate of drug-likeness (QED) is 0.542. The summed E-state index contributed by atoms with van der Waals surface area (Å²) in [5.74, 6) is 2.41. The first kappa shape index (κ1) is 22.4. The molecule has 192 valence electrons. The second kappa shape index (κ2) is 8.67. The van der Waals surface area contributed by atoms with Gasteiger partial charge >= 0.3 is 0 Å². The lowest BCUT2D eigenvalue weighted by atomic mass is 10.0. The molecule has 11 heteroatoms. The van der Waals surface area contributed by atoms with Gasteiger partial charge in [-0.3, -0.25) is 0 Å². The Morgan fingerprint density at radius 3 is 2.64 bits per heavy atom. The minimum absolute atomic E-state index is 0.0202. The van der Waals surface area contributed by atoms with E-state index in [0.29, 0.717) is 25.3 Å². The highest BCUT2D eigenvalue weighted by Crippen LogP contribution is 2.37. The molecule has 0 aromatic carbocycles. The van der Waals surface area contributed by atoms with Crippen LogP contribution in [-0.4, -0.2) is 86.7 Å². The monoisotopic (exact) mass is 494 g/mol. The Hall–Kier alpha value is -2.76. The van der Waals surface area contributed by atoms with Crippen molar-refractivity contribution in [3.05, 3.63) is 18.5 Å². The van der Waals surface area contributed by atoms with Crippen LogP contribution in [0.5, 0.6) is 0 Å². The summed E-state index contributed by atoms with van der Waals surface area (Å²) in [6.07, 6.45) is 9.29. The molecule has 11 nitrogen and oxygen atoms in total. The maximum Gasteiger partial charge on any atom is 0.230 e. The molecule has 0 saturated carbocycles. The van der Waals surface area contributed by atoms with Gasteiger partial charge in [0.05, 0.1) is 55.6 Å². The van der Waals surface area contributed by atoms with Gasteiger partial charge in [0.25, 0.3) is 0 Å². The fourth-order valence-corrected chi connectivity index (χ4v) is 6.11. The Labute approximate surface area is 210 Å². The summed E-state index contributed by atoms with van der Waals surface area (Å²) < 4.78 is 21.4. The Morgan fingerprint density at radius 2 is 1.86 bits per heavy atom. The first-order chi connectivity index (χ1) is 17.6. The van der Waals surface area contributed by atoms with E-state index in [2.05, 4.69) is 23.6 Å². The third-order valence-electron chi connectivity index (χ3n) is 8.03. The third kappa shape index (κ3) is 3.67. The van der Waals surface area contributed by atoms with Gasteiger partial charge in [-0.05, 0) is 46.0 Å². The fourth-order valence-electron chi connectivity index (χ4n) is 6.11. The number of rotatable bonds is 4. The van der Waals surface area contributed by atoms with Gasteiger partial charge in [-0.2, -0.15) is 24.8 Å². The van der Waals surface area contributed by atoms with Crippen molar-refractivity contribution >= 4 is 22.8 Å². The van der Waals surface area contributed by atoms with Crippen molar-refractivity contribution in [1.82, 2.24) is 29.5 Å². The van der Waals surface area contributed by atoms with Crippen LogP contribution in [0.2, 0.25) is 0 Å². The number of anilines is 2. The molecule has 7 heterocycles. The van der Waals surface area contributed by atoms with Gasteiger partial charge < -0.3 is 24.0 Å². The van der Waals surface area contributed by atoms with Gasteiger partial charge in [-0.25, -0.2) is 4.68 Å². The molecule has 0 radical (unpaired) electrons. The van der Waals surface area contributed by atoms with Crippen LogP contribution in [0.4, 0.5) is 11.8 Å². The molecule has 3 aromatic heterocycles. The van der Waals surface area contributed by atoms with Crippen LogP contribution >= 0.6 is 0 Å². The molecule has 4 aliphatic heterocycles. The summed E-state index contributed by atoms with van der Waals surface area (Å²) in [4.78, 5) is 15.1. The van der Waals surface area contributed by atoms with Crippen LogP contribution in [0.1, 0.15) is 52.2 Å². The van der Waals surface area contributed by atoms with Crippen molar-refractivity contribution in [2.24, 2.45) is 0 Å². The first-order valence-corrected chi connectivity index (χ1v) is 13.2. The maximum absolute atomic E-state index is 5.94. The molecular weight excluding hydrogens is 460 g/mol. The summed E-state index contributed by atoms with van der Waals surface area (Å²) in [7, 11) is 0. The zero-order chi connectivity index (χ0) is 24.3. The predicted molar refractivity (Wildman–Crippen MR) is 134 cm³/mol. The number of ether oxygens (including phenoxy) is 3. The fraction of sp³-hybridized carbons (Fsp3) is 0.680. The highest BCUT2D eigenvalue weighted by atomic mass is 16.5. The second-order valence-electron chi connectivity index (χ2n) is 11.0. The van der Waals surface area contributed by atoms with Crippen molar-refractivity contribution in [3.8, 4) is 5.82 Å². The number of aromatic nitrogens is 6. The molecule has 4 fully saturated rings. The van der Waals surface area contributed by atoms with E-state index in [4.69, 9.17) is 34.4 Å². The summed E-state index contributed by atoms with van der Waals surface area (Å²) in [5.41, 5.74) is 0.584. The Bertz CT molecular complexity index is 1230. The Kier molecular flexibility index (Phi) is 5.40. The molecule has 0 amide bonds. The normalized spacial score (nSPS) is 28.2. The molecule has 36 heavy (non-hydrogen) atoms. The SMILES string of the molecule is CC1(C)COCCN1c1nc(N2C3CCC2COC3)nc2c1cnn2-c1ccn(C2CCCCO2)n1. The number of nitrogens with zero attached hydrogens (tertiary/aromatic N) is 8. The minimum atomic E-state index is -0.192. The van der Waals surface area contributed by atoms with Crippen LogP contribution in [0.3, 0.4) is 0 Å². The van der Waals surface area contributed by atoms with E-state index >= 15 is 0 Å². The lowest BCUT2D eigenvalue weighted by Gasteiger charge is -2.43. The summed E-state index contributed by atoms with van der Waals surface area (Å²) in [5, 5.41) is 10.5. The van der Waals surface area contributed by atoms with Gasteiger partial charge in [0.1, 0.15) is 12.0 Å². The summed E-state index contributed by atoms with van der Waals surface area (Å²) in [6.45, 7) is 8.73. The van der Waals surface area contributed by atoms with Gasteiger partial charge in [0.2, 0.25) is 5.95 Å². The molecule has 0 spiro atoms. The molecule has 4 saturated heterocycles. The van der Waals surface area contributed by atoms with Gasteiger partial charge in [0.15, 0.2) is 11.5 Å². The Balaban J connectivity index is 1.35. The van der Waals surface area contributed by atoms with Crippen molar-refractivity contribution < 1.29 is 14.2 Å². The minimum Gasteiger partial charge on any atom is -0.377 e. The smallest absolute Gasteiger partial charge is 0.230 e. The van der Waals surface area contributed by atoms with E-state index in [1.54, 1.807) is 0 Å². The highest BCUT2D eigenvalue weighted by molar-refractivity contribution is 5.89. The number of morpholine rings is 2. The van der Waals surface area contributed by atoms with Crippen LogP contribution in [0, 0.1) is 0 Å². The molecule has 2 bridgehead atoms. The van der Waals surface area contributed by atoms with E-state index in [9.17, 15) is 0 Å². The molecule has 3 atom stereocenters. The summed E-state index contributed by atoms with van der Waals surface area (Å²) >= 11 is 0. The number of fused-ring (bicyclic) bond motifs is 3.